The van der Waals surface area contributed by atoms with Gasteiger partial charge in [0.2, 0.25) is 10.0 Å². The van der Waals surface area contributed by atoms with Crippen LogP contribution in [0, 0.1) is 12.7 Å². The van der Waals surface area contributed by atoms with E-state index in [1.165, 1.54) is 16.4 Å². The lowest BCUT2D eigenvalue weighted by molar-refractivity contribution is 0.0697. The van der Waals surface area contributed by atoms with Crippen LogP contribution in [0.2, 0.25) is 5.02 Å². The van der Waals surface area contributed by atoms with Crippen LogP contribution in [-0.2, 0) is 10.0 Å². The number of halogens is 2. The minimum Gasteiger partial charge on any atom is -0.336 e. The van der Waals surface area contributed by atoms with Crippen molar-refractivity contribution in [2.75, 3.05) is 31.9 Å². The SMILES string of the molecule is CCS(=O)(=O)N1CCN(C(=O)c2cc(-c3ccc(Cl)cc3)n(-c3cccc(F)c3)c2C)CC1. The van der Waals surface area contributed by atoms with Gasteiger partial charge in [-0.3, -0.25) is 4.79 Å². The maximum absolute atomic E-state index is 14.0. The second-order valence-electron chi connectivity index (χ2n) is 7.94. The zero-order valence-corrected chi connectivity index (χ0v) is 20.0. The molecule has 4 rings (SSSR count). The highest BCUT2D eigenvalue weighted by atomic mass is 35.5. The fourth-order valence-electron chi connectivity index (χ4n) is 4.13. The van der Waals surface area contributed by atoms with E-state index in [1.807, 2.05) is 23.6 Å². The van der Waals surface area contributed by atoms with Gasteiger partial charge in [-0.2, -0.15) is 4.31 Å². The molecule has 33 heavy (non-hydrogen) atoms. The number of piperazine rings is 1. The average molecular weight is 490 g/mol. The summed E-state index contributed by atoms with van der Waals surface area (Å²) in [4.78, 5) is 15.1. The van der Waals surface area contributed by atoms with Crippen molar-refractivity contribution in [3.63, 3.8) is 0 Å². The number of carbonyl (C=O) groups excluding carboxylic acids is 1. The van der Waals surface area contributed by atoms with Crippen LogP contribution >= 0.6 is 11.6 Å². The fraction of sp³-hybridized carbons (Fsp3) is 0.292. The summed E-state index contributed by atoms with van der Waals surface area (Å²) in [5, 5.41) is 0.593. The third kappa shape index (κ3) is 4.69. The summed E-state index contributed by atoms with van der Waals surface area (Å²) in [6.45, 7) is 4.63. The Morgan fingerprint density at radius 3 is 2.30 bits per heavy atom. The van der Waals surface area contributed by atoms with Crippen LogP contribution in [0.25, 0.3) is 16.9 Å². The van der Waals surface area contributed by atoms with Crippen LogP contribution in [0.5, 0.6) is 0 Å². The molecule has 2 aromatic carbocycles. The Balaban J connectivity index is 1.72. The van der Waals surface area contributed by atoms with Gasteiger partial charge in [0.25, 0.3) is 5.91 Å². The van der Waals surface area contributed by atoms with Gasteiger partial charge in [0, 0.05) is 42.6 Å². The molecule has 1 amide bonds. The lowest BCUT2D eigenvalue weighted by atomic mass is 10.1. The Hall–Kier alpha value is -2.68. The maximum Gasteiger partial charge on any atom is 0.255 e. The summed E-state index contributed by atoms with van der Waals surface area (Å²) in [5.41, 5.74) is 3.36. The van der Waals surface area contributed by atoms with Gasteiger partial charge < -0.3 is 9.47 Å². The Bertz CT molecular complexity index is 1280. The van der Waals surface area contributed by atoms with Crippen molar-refractivity contribution in [3.05, 3.63) is 76.7 Å². The molecule has 0 spiro atoms. The molecular weight excluding hydrogens is 465 g/mol. The van der Waals surface area contributed by atoms with Gasteiger partial charge in [-0.1, -0.05) is 29.8 Å². The fourth-order valence-corrected chi connectivity index (χ4v) is 5.34. The molecule has 0 unspecified atom stereocenters. The summed E-state index contributed by atoms with van der Waals surface area (Å²) in [5.74, 6) is -0.503. The van der Waals surface area contributed by atoms with Crippen molar-refractivity contribution < 1.29 is 17.6 Å². The third-order valence-electron chi connectivity index (χ3n) is 5.97. The van der Waals surface area contributed by atoms with Crippen molar-refractivity contribution in [1.29, 1.82) is 0 Å². The van der Waals surface area contributed by atoms with Crippen LogP contribution in [0.1, 0.15) is 23.0 Å². The second kappa shape index (κ2) is 9.29. The first-order valence-electron chi connectivity index (χ1n) is 10.7. The Morgan fingerprint density at radius 1 is 1.03 bits per heavy atom. The van der Waals surface area contributed by atoms with E-state index in [2.05, 4.69) is 0 Å². The normalized spacial score (nSPS) is 15.1. The van der Waals surface area contributed by atoms with E-state index in [4.69, 9.17) is 11.6 Å². The van der Waals surface area contributed by atoms with Crippen molar-refractivity contribution in [2.24, 2.45) is 0 Å². The third-order valence-corrected chi connectivity index (χ3v) is 8.10. The van der Waals surface area contributed by atoms with Crippen molar-refractivity contribution >= 4 is 27.5 Å². The molecule has 0 N–H and O–H groups in total. The van der Waals surface area contributed by atoms with Crippen LogP contribution in [0.3, 0.4) is 0 Å². The molecule has 2 heterocycles. The standard InChI is InChI=1S/C24H25ClFN3O3S/c1-3-33(31,32)28-13-11-27(12-14-28)24(30)22-16-23(18-7-9-19(25)10-8-18)29(17(22)2)21-6-4-5-20(26)15-21/h4-10,15-16H,3,11-14H2,1-2H3. The van der Waals surface area contributed by atoms with E-state index in [1.54, 1.807) is 42.2 Å². The number of aromatic nitrogens is 1. The lowest BCUT2D eigenvalue weighted by Crippen LogP contribution is -2.50. The quantitative estimate of drug-likeness (QED) is 0.535. The van der Waals surface area contributed by atoms with E-state index in [0.29, 0.717) is 35.1 Å². The second-order valence-corrected chi connectivity index (χ2v) is 10.6. The number of benzene rings is 2. The smallest absolute Gasteiger partial charge is 0.255 e. The van der Waals surface area contributed by atoms with Gasteiger partial charge >= 0.3 is 0 Å². The Labute approximate surface area is 198 Å². The number of carbonyl (C=O) groups is 1. The first-order chi connectivity index (χ1) is 15.7. The maximum atomic E-state index is 14.0. The number of sulfonamides is 1. The topological polar surface area (TPSA) is 62.6 Å². The van der Waals surface area contributed by atoms with Crippen LogP contribution in [0.15, 0.2) is 54.6 Å². The molecule has 1 aliphatic rings. The molecule has 0 atom stereocenters. The number of nitrogens with zero attached hydrogens (tertiary/aromatic N) is 3. The number of hydrogen-bond acceptors (Lipinski definition) is 3. The van der Waals surface area contributed by atoms with E-state index in [0.717, 1.165) is 11.3 Å². The van der Waals surface area contributed by atoms with Crippen molar-refractivity contribution in [3.8, 4) is 16.9 Å². The van der Waals surface area contributed by atoms with Crippen LogP contribution in [-0.4, -0.2) is 60.0 Å². The van der Waals surface area contributed by atoms with Crippen LogP contribution in [0.4, 0.5) is 4.39 Å². The molecular formula is C24H25ClFN3O3S. The first-order valence-corrected chi connectivity index (χ1v) is 12.7. The molecule has 1 aromatic heterocycles. The predicted octanol–water partition coefficient (Wildman–Crippen LogP) is 4.35. The highest BCUT2D eigenvalue weighted by molar-refractivity contribution is 7.89. The predicted molar refractivity (Wildman–Crippen MR) is 128 cm³/mol. The van der Waals surface area contributed by atoms with Gasteiger partial charge in [0.05, 0.1) is 17.0 Å². The lowest BCUT2D eigenvalue weighted by Gasteiger charge is -2.33. The Kier molecular flexibility index (Phi) is 6.61. The number of hydrogen-bond donors (Lipinski definition) is 0. The Morgan fingerprint density at radius 2 is 1.70 bits per heavy atom. The van der Waals surface area contributed by atoms with Crippen molar-refractivity contribution in [2.45, 2.75) is 13.8 Å². The highest BCUT2D eigenvalue weighted by Gasteiger charge is 2.30. The zero-order valence-electron chi connectivity index (χ0n) is 18.5. The molecule has 0 aliphatic carbocycles. The molecule has 1 saturated heterocycles. The summed E-state index contributed by atoms with van der Waals surface area (Å²) in [7, 11) is -3.28. The molecule has 3 aromatic rings. The molecule has 0 radical (unpaired) electrons. The van der Waals surface area contributed by atoms with E-state index < -0.39 is 10.0 Å². The van der Waals surface area contributed by atoms with E-state index in [-0.39, 0.29) is 30.6 Å². The molecule has 174 valence electrons. The van der Waals surface area contributed by atoms with Gasteiger partial charge in [-0.15, -0.1) is 0 Å². The molecule has 0 bridgehead atoms. The van der Waals surface area contributed by atoms with Gasteiger partial charge in [0.1, 0.15) is 5.82 Å². The van der Waals surface area contributed by atoms with E-state index in [9.17, 15) is 17.6 Å². The number of amides is 1. The molecule has 0 saturated carbocycles. The van der Waals surface area contributed by atoms with E-state index >= 15 is 0 Å². The molecule has 9 heteroatoms. The minimum absolute atomic E-state index is 0.0427. The number of rotatable bonds is 5. The monoisotopic (exact) mass is 489 g/mol. The highest BCUT2D eigenvalue weighted by Crippen LogP contribution is 2.31. The van der Waals surface area contributed by atoms with Gasteiger partial charge in [-0.05, 0) is 55.8 Å². The van der Waals surface area contributed by atoms with Crippen LogP contribution < -0.4 is 0 Å². The molecule has 1 aliphatic heterocycles. The average Bonchev–Trinajstić information content (AvgIpc) is 3.16. The molecule has 1 fully saturated rings. The largest absolute Gasteiger partial charge is 0.336 e. The summed E-state index contributed by atoms with van der Waals surface area (Å²) in [6.07, 6.45) is 0. The van der Waals surface area contributed by atoms with Gasteiger partial charge in [0.15, 0.2) is 0 Å². The summed E-state index contributed by atoms with van der Waals surface area (Å²) >= 11 is 6.06. The first kappa shape index (κ1) is 23.5. The summed E-state index contributed by atoms with van der Waals surface area (Å²) < 4.78 is 41.6. The minimum atomic E-state index is -3.28. The van der Waals surface area contributed by atoms with Gasteiger partial charge in [-0.25, -0.2) is 12.8 Å². The molecule has 6 nitrogen and oxygen atoms in total. The zero-order chi connectivity index (χ0) is 23.8. The summed E-state index contributed by atoms with van der Waals surface area (Å²) in [6, 6.07) is 15.3. The van der Waals surface area contributed by atoms with Crippen molar-refractivity contribution in [1.82, 2.24) is 13.8 Å².